The SMILES string of the molecule is O=C(Nc1ccccc1C(=O)O)SCc1ccc(C(F)(F)F)o1. The van der Waals surface area contributed by atoms with E-state index in [1.165, 1.54) is 18.2 Å². The van der Waals surface area contributed by atoms with Crippen molar-refractivity contribution in [2.45, 2.75) is 11.9 Å². The van der Waals surface area contributed by atoms with Gasteiger partial charge in [0.25, 0.3) is 5.24 Å². The minimum atomic E-state index is -4.58. The van der Waals surface area contributed by atoms with E-state index in [0.717, 1.165) is 12.1 Å². The number of para-hydroxylation sites is 1. The molecule has 2 rings (SSSR count). The molecule has 1 aromatic carbocycles. The molecule has 2 N–H and O–H groups in total. The summed E-state index contributed by atoms with van der Waals surface area (Å²) < 4.78 is 41.7. The lowest BCUT2D eigenvalue weighted by Crippen LogP contribution is -2.10. The number of carbonyl (C=O) groups is 2. The number of carboxylic acid groups (broad SMARTS) is 1. The number of nitrogens with one attached hydrogen (secondary N) is 1. The fraction of sp³-hybridized carbons (Fsp3) is 0.143. The molecule has 5 nitrogen and oxygen atoms in total. The number of halogens is 3. The monoisotopic (exact) mass is 345 g/mol. The fourth-order valence-corrected chi connectivity index (χ4v) is 2.28. The van der Waals surface area contributed by atoms with Crippen LogP contribution in [-0.2, 0) is 11.9 Å². The number of hydrogen-bond acceptors (Lipinski definition) is 4. The van der Waals surface area contributed by atoms with Crippen LogP contribution in [0.3, 0.4) is 0 Å². The molecule has 1 amide bonds. The Morgan fingerprint density at radius 2 is 1.87 bits per heavy atom. The van der Waals surface area contributed by atoms with E-state index in [0.29, 0.717) is 11.8 Å². The molecule has 122 valence electrons. The third kappa shape index (κ3) is 4.52. The number of alkyl halides is 3. The summed E-state index contributed by atoms with van der Waals surface area (Å²) in [5, 5.41) is 10.8. The van der Waals surface area contributed by atoms with Crippen molar-refractivity contribution < 1.29 is 32.3 Å². The maximum atomic E-state index is 12.4. The van der Waals surface area contributed by atoms with Crippen molar-refractivity contribution in [3.63, 3.8) is 0 Å². The number of furan rings is 1. The lowest BCUT2D eigenvalue weighted by atomic mass is 10.2. The van der Waals surface area contributed by atoms with Crippen LogP contribution in [0, 0.1) is 0 Å². The second-order valence-electron chi connectivity index (χ2n) is 4.32. The van der Waals surface area contributed by atoms with Crippen molar-refractivity contribution in [3.05, 3.63) is 53.5 Å². The predicted molar refractivity (Wildman–Crippen MR) is 77.4 cm³/mol. The minimum Gasteiger partial charge on any atom is -0.478 e. The quantitative estimate of drug-likeness (QED) is 0.855. The summed E-state index contributed by atoms with van der Waals surface area (Å²) in [6.45, 7) is 0. The van der Waals surface area contributed by atoms with Gasteiger partial charge in [-0.25, -0.2) is 4.79 Å². The maximum Gasteiger partial charge on any atom is 0.449 e. The third-order valence-corrected chi connectivity index (χ3v) is 3.47. The van der Waals surface area contributed by atoms with Crippen molar-refractivity contribution in [2.24, 2.45) is 0 Å². The first kappa shape index (κ1) is 16.9. The van der Waals surface area contributed by atoms with Gasteiger partial charge in [-0.2, -0.15) is 13.2 Å². The van der Waals surface area contributed by atoms with Crippen LogP contribution in [-0.4, -0.2) is 16.3 Å². The molecule has 0 unspecified atom stereocenters. The van der Waals surface area contributed by atoms with E-state index < -0.39 is 23.1 Å². The van der Waals surface area contributed by atoms with Gasteiger partial charge in [0.2, 0.25) is 5.76 Å². The Bertz CT molecular complexity index is 727. The highest BCUT2D eigenvalue weighted by Gasteiger charge is 2.34. The van der Waals surface area contributed by atoms with E-state index in [2.05, 4.69) is 9.73 Å². The molecule has 0 spiro atoms. The van der Waals surface area contributed by atoms with Gasteiger partial charge in [0.05, 0.1) is 17.0 Å². The first-order valence-electron chi connectivity index (χ1n) is 6.19. The summed E-state index contributed by atoms with van der Waals surface area (Å²) in [6, 6.07) is 7.71. The standard InChI is InChI=1S/C14H10F3NO4S/c15-14(16,17)11-6-5-8(22-11)7-23-13(21)18-10-4-2-1-3-9(10)12(19)20/h1-6H,7H2,(H,18,21)(H,19,20). The highest BCUT2D eigenvalue weighted by Crippen LogP contribution is 2.31. The maximum absolute atomic E-state index is 12.4. The summed E-state index contributed by atoms with van der Waals surface area (Å²) in [5.41, 5.74) is 0.0201. The summed E-state index contributed by atoms with van der Waals surface area (Å²) in [6.07, 6.45) is -4.58. The summed E-state index contributed by atoms with van der Waals surface area (Å²) in [7, 11) is 0. The molecule has 0 saturated heterocycles. The molecule has 0 aliphatic carbocycles. The van der Waals surface area contributed by atoms with Crippen molar-refractivity contribution in [1.29, 1.82) is 0 Å². The van der Waals surface area contributed by atoms with Crippen LogP contribution < -0.4 is 5.32 Å². The molecule has 0 aliphatic rings. The molecule has 2 aromatic rings. The molecule has 0 saturated carbocycles. The van der Waals surface area contributed by atoms with E-state index in [-0.39, 0.29) is 22.8 Å². The van der Waals surface area contributed by atoms with Gasteiger partial charge in [-0.15, -0.1) is 0 Å². The lowest BCUT2D eigenvalue weighted by Gasteiger charge is -2.07. The molecule has 1 heterocycles. The van der Waals surface area contributed by atoms with Gasteiger partial charge in [0.15, 0.2) is 0 Å². The zero-order chi connectivity index (χ0) is 17.0. The van der Waals surface area contributed by atoms with Gasteiger partial charge in [0, 0.05) is 0 Å². The minimum absolute atomic E-state index is 0.0102. The van der Waals surface area contributed by atoms with Gasteiger partial charge >= 0.3 is 12.1 Å². The highest BCUT2D eigenvalue weighted by atomic mass is 32.2. The normalized spacial score (nSPS) is 11.3. The molecule has 1 aromatic heterocycles. The Morgan fingerprint density at radius 1 is 1.17 bits per heavy atom. The topological polar surface area (TPSA) is 79.5 Å². The zero-order valence-electron chi connectivity index (χ0n) is 11.4. The third-order valence-electron chi connectivity index (χ3n) is 2.68. The Balaban J connectivity index is 1.96. The number of rotatable bonds is 4. The summed E-state index contributed by atoms with van der Waals surface area (Å²) in [4.78, 5) is 22.8. The molecule has 0 fully saturated rings. The summed E-state index contributed by atoms with van der Waals surface area (Å²) in [5.74, 6) is -2.46. The first-order valence-corrected chi connectivity index (χ1v) is 7.18. The average Bonchev–Trinajstić information content (AvgIpc) is 2.94. The highest BCUT2D eigenvalue weighted by molar-refractivity contribution is 8.13. The number of amides is 1. The molecule has 0 bridgehead atoms. The van der Waals surface area contributed by atoms with Crippen molar-refractivity contribution in [1.82, 2.24) is 0 Å². The lowest BCUT2D eigenvalue weighted by molar-refractivity contribution is -0.153. The van der Waals surface area contributed by atoms with Gasteiger partial charge in [-0.1, -0.05) is 23.9 Å². The van der Waals surface area contributed by atoms with Crippen LogP contribution in [0.15, 0.2) is 40.8 Å². The van der Waals surface area contributed by atoms with E-state index >= 15 is 0 Å². The van der Waals surface area contributed by atoms with E-state index in [1.54, 1.807) is 6.07 Å². The van der Waals surface area contributed by atoms with Crippen LogP contribution in [0.4, 0.5) is 23.7 Å². The van der Waals surface area contributed by atoms with E-state index in [1.807, 2.05) is 0 Å². The van der Waals surface area contributed by atoms with Gasteiger partial charge < -0.3 is 14.8 Å². The molecular formula is C14H10F3NO4S. The van der Waals surface area contributed by atoms with Gasteiger partial charge in [-0.3, -0.25) is 4.79 Å². The van der Waals surface area contributed by atoms with Crippen LogP contribution in [0.5, 0.6) is 0 Å². The fourth-order valence-electron chi connectivity index (χ4n) is 1.67. The second-order valence-corrected chi connectivity index (χ2v) is 5.26. The first-order chi connectivity index (χ1) is 10.8. The molecular weight excluding hydrogens is 335 g/mol. The Hall–Kier alpha value is -2.42. The summed E-state index contributed by atoms with van der Waals surface area (Å²) >= 11 is 0.665. The van der Waals surface area contributed by atoms with Gasteiger partial charge in [-0.05, 0) is 24.3 Å². The van der Waals surface area contributed by atoms with E-state index in [9.17, 15) is 22.8 Å². The van der Waals surface area contributed by atoms with Crippen LogP contribution in [0.1, 0.15) is 21.9 Å². The molecule has 0 aliphatic heterocycles. The molecule has 9 heteroatoms. The van der Waals surface area contributed by atoms with Crippen molar-refractivity contribution in [2.75, 3.05) is 5.32 Å². The average molecular weight is 345 g/mol. The van der Waals surface area contributed by atoms with Crippen LogP contribution in [0.2, 0.25) is 0 Å². The number of aromatic carboxylic acids is 1. The molecule has 23 heavy (non-hydrogen) atoms. The number of anilines is 1. The number of hydrogen-bond donors (Lipinski definition) is 2. The number of carboxylic acids is 1. The Labute approximate surface area is 132 Å². The van der Waals surface area contributed by atoms with E-state index in [4.69, 9.17) is 5.11 Å². The molecule has 0 atom stereocenters. The van der Waals surface area contributed by atoms with Gasteiger partial charge in [0.1, 0.15) is 5.76 Å². The second kappa shape index (κ2) is 6.78. The van der Waals surface area contributed by atoms with Crippen LogP contribution in [0.25, 0.3) is 0 Å². The van der Waals surface area contributed by atoms with Crippen molar-refractivity contribution >= 4 is 28.7 Å². The Kier molecular flexibility index (Phi) is 4.99. The zero-order valence-corrected chi connectivity index (χ0v) is 12.2. The molecule has 0 radical (unpaired) electrons. The Morgan fingerprint density at radius 3 is 2.48 bits per heavy atom. The van der Waals surface area contributed by atoms with Crippen LogP contribution >= 0.6 is 11.8 Å². The smallest absolute Gasteiger partial charge is 0.449 e. The number of benzene rings is 1. The number of thioether (sulfide) groups is 1. The van der Waals surface area contributed by atoms with Crippen molar-refractivity contribution in [3.8, 4) is 0 Å². The predicted octanol–water partition coefficient (Wildman–Crippen LogP) is 4.46. The number of carbonyl (C=O) groups excluding carboxylic acids is 1. The largest absolute Gasteiger partial charge is 0.478 e.